The molecule has 1 rings (SSSR count). The molecule has 22 heavy (non-hydrogen) atoms. The zero-order valence-corrected chi connectivity index (χ0v) is 14.2. The van der Waals surface area contributed by atoms with Crippen molar-refractivity contribution in [2.24, 2.45) is 5.92 Å². The summed E-state index contributed by atoms with van der Waals surface area (Å²) >= 11 is 5.77. The molecule has 0 aliphatic carbocycles. The fourth-order valence-corrected chi connectivity index (χ4v) is 2.12. The fraction of sp³-hybridized carbons (Fsp3) is 0.529. The molecule has 0 bridgehead atoms. The van der Waals surface area contributed by atoms with Crippen molar-refractivity contribution in [3.63, 3.8) is 0 Å². The Morgan fingerprint density at radius 1 is 1.09 bits per heavy atom. The molecule has 4 nitrogen and oxygen atoms in total. The van der Waals surface area contributed by atoms with Crippen molar-refractivity contribution in [1.82, 2.24) is 10.6 Å². The van der Waals surface area contributed by atoms with Crippen LogP contribution in [0.15, 0.2) is 24.3 Å². The van der Waals surface area contributed by atoms with Gasteiger partial charge in [0.25, 0.3) is 5.91 Å². The van der Waals surface area contributed by atoms with E-state index in [4.69, 9.17) is 11.6 Å². The Labute approximate surface area is 137 Å². The molecule has 2 amide bonds. The highest BCUT2D eigenvalue weighted by molar-refractivity contribution is 6.30. The van der Waals surface area contributed by atoms with Gasteiger partial charge in [0.2, 0.25) is 5.91 Å². The number of amides is 2. The predicted octanol–water partition coefficient (Wildman–Crippen LogP) is 3.40. The van der Waals surface area contributed by atoms with E-state index in [0.29, 0.717) is 23.0 Å². The van der Waals surface area contributed by atoms with Crippen LogP contribution in [-0.2, 0) is 4.79 Å². The van der Waals surface area contributed by atoms with E-state index in [-0.39, 0.29) is 24.3 Å². The lowest BCUT2D eigenvalue weighted by Gasteiger charge is -2.15. The fourth-order valence-electron chi connectivity index (χ4n) is 2.00. The second-order valence-electron chi connectivity index (χ2n) is 5.95. The van der Waals surface area contributed by atoms with Gasteiger partial charge in [-0.2, -0.15) is 0 Å². The minimum absolute atomic E-state index is 0.0346. The van der Waals surface area contributed by atoms with Gasteiger partial charge >= 0.3 is 0 Å². The van der Waals surface area contributed by atoms with Gasteiger partial charge in [0.1, 0.15) is 0 Å². The van der Waals surface area contributed by atoms with Crippen LogP contribution in [0.4, 0.5) is 0 Å². The van der Waals surface area contributed by atoms with Crippen LogP contribution in [0.5, 0.6) is 0 Å². The average Bonchev–Trinajstić information content (AvgIpc) is 2.45. The Balaban J connectivity index is 2.24. The first kappa shape index (κ1) is 18.5. The van der Waals surface area contributed by atoms with Crippen molar-refractivity contribution in [3.8, 4) is 0 Å². The molecule has 122 valence electrons. The maximum Gasteiger partial charge on any atom is 0.251 e. The number of hydrogen-bond donors (Lipinski definition) is 2. The van der Waals surface area contributed by atoms with E-state index in [1.165, 1.54) is 0 Å². The Hall–Kier alpha value is -1.55. The third-order valence-electron chi connectivity index (χ3n) is 3.33. The van der Waals surface area contributed by atoms with Gasteiger partial charge in [0.05, 0.1) is 0 Å². The van der Waals surface area contributed by atoms with Crippen LogP contribution in [0.3, 0.4) is 0 Å². The van der Waals surface area contributed by atoms with E-state index < -0.39 is 0 Å². The third kappa shape index (κ3) is 7.46. The normalized spacial score (nSPS) is 12.0. The Kier molecular flexibility index (Phi) is 7.96. The molecule has 0 spiro atoms. The Morgan fingerprint density at radius 2 is 1.73 bits per heavy atom. The largest absolute Gasteiger partial charge is 0.354 e. The van der Waals surface area contributed by atoms with Crippen LogP contribution in [0, 0.1) is 5.92 Å². The van der Waals surface area contributed by atoms with E-state index in [0.717, 1.165) is 12.8 Å². The van der Waals surface area contributed by atoms with E-state index in [1.54, 1.807) is 24.3 Å². The Bertz CT molecular complexity index is 486. The summed E-state index contributed by atoms with van der Waals surface area (Å²) in [5.41, 5.74) is 0.537. The summed E-state index contributed by atoms with van der Waals surface area (Å²) in [6.07, 6.45) is 2.35. The quantitative estimate of drug-likeness (QED) is 0.770. The molecule has 1 atom stereocenters. The van der Waals surface area contributed by atoms with Crippen LogP contribution in [0.25, 0.3) is 0 Å². The number of carbonyl (C=O) groups excluding carboxylic acids is 2. The summed E-state index contributed by atoms with van der Waals surface area (Å²) in [5, 5.41) is 6.27. The second kappa shape index (κ2) is 9.46. The molecular weight excluding hydrogens is 300 g/mol. The molecule has 0 aliphatic heterocycles. The highest BCUT2D eigenvalue weighted by Crippen LogP contribution is 2.09. The van der Waals surface area contributed by atoms with Gasteiger partial charge in [0.15, 0.2) is 0 Å². The van der Waals surface area contributed by atoms with Crippen molar-refractivity contribution < 1.29 is 9.59 Å². The average molecular weight is 325 g/mol. The van der Waals surface area contributed by atoms with Crippen LogP contribution < -0.4 is 10.6 Å². The van der Waals surface area contributed by atoms with Crippen LogP contribution in [-0.4, -0.2) is 24.4 Å². The van der Waals surface area contributed by atoms with Crippen molar-refractivity contribution >= 4 is 23.4 Å². The standard InChI is InChI=1S/C17H25ClN2O2/c1-12(2)4-5-13(3)20-16(21)10-11-19-17(22)14-6-8-15(18)9-7-14/h6-9,12-13H,4-5,10-11H2,1-3H3,(H,19,22)(H,20,21). The summed E-state index contributed by atoms with van der Waals surface area (Å²) in [5.74, 6) is 0.406. The molecule has 1 aromatic rings. The summed E-state index contributed by atoms with van der Waals surface area (Å²) in [4.78, 5) is 23.6. The molecule has 1 unspecified atom stereocenters. The summed E-state index contributed by atoms with van der Waals surface area (Å²) in [6, 6.07) is 6.82. The van der Waals surface area contributed by atoms with Crippen LogP contribution in [0.2, 0.25) is 5.02 Å². The smallest absolute Gasteiger partial charge is 0.251 e. The van der Waals surface area contributed by atoms with Crippen molar-refractivity contribution in [3.05, 3.63) is 34.9 Å². The number of hydrogen-bond acceptors (Lipinski definition) is 2. The maximum absolute atomic E-state index is 11.9. The minimum Gasteiger partial charge on any atom is -0.354 e. The highest BCUT2D eigenvalue weighted by Gasteiger charge is 2.09. The van der Waals surface area contributed by atoms with Crippen molar-refractivity contribution in [2.45, 2.75) is 46.1 Å². The molecule has 0 heterocycles. The van der Waals surface area contributed by atoms with Gasteiger partial charge in [-0.25, -0.2) is 0 Å². The van der Waals surface area contributed by atoms with Crippen molar-refractivity contribution in [1.29, 1.82) is 0 Å². The lowest BCUT2D eigenvalue weighted by atomic mass is 10.0. The number of rotatable bonds is 8. The molecule has 0 radical (unpaired) electrons. The first-order chi connectivity index (χ1) is 10.4. The molecule has 5 heteroatoms. The first-order valence-corrected chi connectivity index (χ1v) is 8.09. The van der Waals surface area contributed by atoms with Crippen LogP contribution >= 0.6 is 11.6 Å². The van der Waals surface area contributed by atoms with Gasteiger partial charge < -0.3 is 10.6 Å². The number of carbonyl (C=O) groups is 2. The predicted molar refractivity (Wildman–Crippen MR) is 90.1 cm³/mol. The topological polar surface area (TPSA) is 58.2 Å². The van der Waals surface area contributed by atoms with Gasteiger partial charge in [-0.3, -0.25) is 9.59 Å². The number of nitrogens with one attached hydrogen (secondary N) is 2. The minimum atomic E-state index is -0.197. The van der Waals surface area contributed by atoms with E-state index in [2.05, 4.69) is 24.5 Å². The van der Waals surface area contributed by atoms with E-state index >= 15 is 0 Å². The van der Waals surface area contributed by atoms with E-state index in [9.17, 15) is 9.59 Å². The summed E-state index contributed by atoms with van der Waals surface area (Å²) in [7, 11) is 0. The lowest BCUT2D eigenvalue weighted by molar-refractivity contribution is -0.121. The summed E-state index contributed by atoms with van der Waals surface area (Å²) < 4.78 is 0. The maximum atomic E-state index is 11.9. The van der Waals surface area contributed by atoms with Gasteiger partial charge in [0, 0.05) is 29.6 Å². The molecule has 1 aromatic carbocycles. The molecular formula is C17H25ClN2O2. The molecule has 0 saturated heterocycles. The molecule has 2 N–H and O–H groups in total. The second-order valence-corrected chi connectivity index (χ2v) is 6.39. The highest BCUT2D eigenvalue weighted by atomic mass is 35.5. The zero-order chi connectivity index (χ0) is 16.5. The number of halogens is 1. The van der Waals surface area contributed by atoms with Crippen molar-refractivity contribution in [2.75, 3.05) is 6.54 Å². The van der Waals surface area contributed by atoms with E-state index in [1.807, 2.05) is 6.92 Å². The molecule has 0 fully saturated rings. The van der Waals surface area contributed by atoms with Crippen LogP contribution in [0.1, 0.15) is 50.4 Å². The van der Waals surface area contributed by atoms with Gasteiger partial charge in [-0.05, 0) is 49.9 Å². The summed E-state index contributed by atoms with van der Waals surface area (Å²) in [6.45, 7) is 6.67. The SMILES string of the molecule is CC(C)CCC(C)NC(=O)CCNC(=O)c1ccc(Cl)cc1. The first-order valence-electron chi connectivity index (χ1n) is 7.71. The third-order valence-corrected chi connectivity index (χ3v) is 3.58. The van der Waals surface area contributed by atoms with Gasteiger partial charge in [-0.1, -0.05) is 25.4 Å². The molecule has 0 aromatic heterocycles. The molecule has 0 saturated carbocycles. The Morgan fingerprint density at radius 3 is 2.32 bits per heavy atom. The lowest BCUT2D eigenvalue weighted by Crippen LogP contribution is -2.35. The number of benzene rings is 1. The monoisotopic (exact) mass is 324 g/mol. The molecule has 0 aliphatic rings. The zero-order valence-electron chi connectivity index (χ0n) is 13.5. The van der Waals surface area contributed by atoms with Gasteiger partial charge in [-0.15, -0.1) is 0 Å².